The lowest BCUT2D eigenvalue weighted by Crippen LogP contribution is -2.52. The number of ether oxygens (including phenoxy) is 1. The minimum atomic E-state index is 0.135. The molecule has 0 bridgehead atoms. The summed E-state index contributed by atoms with van der Waals surface area (Å²) < 4.78 is 5.31. The van der Waals surface area contributed by atoms with Crippen LogP contribution in [0.25, 0.3) is 0 Å². The van der Waals surface area contributed by atoms with Gasteiger partial charge in [0.1, 0.15) is 0 Å². The van der Waals surface area contributed by atoms with Crippen LogP contribution >= 0.6 is 0 Å². The third kappa shape index (κ3) is 2.25. The van der Waals surface area contributed by atoms with Crippen LogP contribution in [0.1, 0.15) is 22.3 Å². The third-order valence-corrected chi connectivity index (χ3v) is 4.26. The highest BCUT2D eigenvalue weighted by Crippen LogP contribution is 2.30. The van der Waals surface area contributed by atoms with E-state index in [0.717, 1.165) is 19.8 Å². The zero-order valence-corrected chi connectivity index (χ0v) is 11.9. The summed E-state index contributed by atoms with van der Waals surface area (Å²) >= 11 is 0. The van der Waals surface area contributed by atoms with Crippen LogP contribution in [0.3, 0.4) is 0 Å². The van der Waals surface area contributed by atoms with E-state index in [1.165, 1.54) is 27.9 Å². The zero-order valence-electron chi connectivity index (χ0n) is 11.9. The van der Waals surface area contributed by atoms with E-state index in [1.54, 1.807) is 0 Å². The van der Waals surface area contributed by atoms with Crippen LogP contribution in [0.2, 0.25) is 0 Å². The maximum absolute atomic E-state index is 5.85. The highest BCUT2D eigenvalue weighted by atomic mass is 16.5. The van der Waals surface area contributed by atoms with Crippen molar-refractivity contribution in [3.8, 4) is 0 Å². The highest BCUT2D eigenvalue weighted by molar-refractivity contribution is 5.62. The molecule has 0 aliphatic carbocycles. The van der Waals surface area contributed by atoms with Crippen molar-refractivity contribution >= 4 is 5.69 Å². The van der Waals surface area contributed by atoms with Crippen molar-refractivity contribution in [1.82, 2.24) is 0 Å². The molecule has 2 rings (SSSR count). The van der Waals surface area contributed by atoms with E-state index in [-0.39, 0.29) is 5.41 Å². The van der Waals surface area contributed by atoms with Crippen LogP contribution < -0.4 is 11.1 Å². The summed E-state index contributed by atoms with van der Waals surface area (Å²) in [4.78, 5) is 0. The first kappa shape index (κ1) is 13.4. The lowest BCUT2D eigenvalue weighted by molar-refractivity contribution is -0.0979. The van der Waals surface area contributed by atoms with Gasteiger partial charge in [0.15, 0.2) is 0 Å². The summed E-state index contributed by atoms with van der Waals surface area (Å²) in [6, 6.07) is 2.25. The minimum Gasteiger partial charge on any atom is -0.384 e. The Morgan fingerprint density at radius 1 is 1.17 bits per heavy atom. The zero-order chi connectivity index (χ0) is 13.3. The molecule has 0 unspecified atom stereocenters. The van der Waals surface area contributed by atoms with Gasteiger partial charge < -0.3 is 15.8 Å². The summed E-state index contributed by atoms with van der Waals surface area (Å²) in [6.45, 7) is 11.8. The van der Waals surface area contributed by atoms with Gasteiger partial charge in [-0.15, -0.1) is 0 Å². The normalized spacial score (nSPS) is 17.4. The number of anilines is 1. The average Bonchev–Trinajstić information content (AvgIpc) is 2.29. The number of benzene rings is 1. The Bertz CT molecular complexity index is 419. The van der Waals surface area contributed by atoms with Crippen molar-refractivity contribution in [2.24, 2.45) is 11.1 Å². The predicted octanol–water partition coefficient (Wildman–Crippen LogP) is 2.31. The summed E-state index contributed by atoms with van der Waals surface area (Å²) in [5.41, 5.74) is 12.6. The predicted molar refractivity (Wildman–Crippen MR) is 76.2 cm³/mol. The molecule has 1 heterocycles. The fraction of sp³-hybridized carbons (Fsp3) is 0.600. The van der Waals surface area contributed by atoms with E-state index in [2.05, 4.69) is 39.1 Å². The first-order valence-electron chi connectivity index (χ1n) is 6.58. The van der Waals surface area contributed by atoms with Gasteiger partial charge in [-0.1, -0.05) is 6.07 Å². The highest BCUT2D eigenvalue weighted by Gasteiger charge is 2.37. The number of nitrogens with two attached hydrogens (primary N) is 1. The number of hydrogen-bond donors (Lipinski definition) is 2. The third-order valence-electron chi connectivity index (χ3n) is 4.26. The van der Waals surface area contributed by atoms with Gasteiger partial charge in [-0.3, -0.25) is 0 Å². The molecule has 1 aromatic rings. The molecular weight excluding hydrogens is 224 g/mol. The van der Waals surface area contributed by atoms with E-state index in [1.807, 2.05) is 0 Å². The van der Waals surface area contributed by atoms with E-state index in [0.29, 0.717) is 6.54 Å². The van der Waals surface area contributed by atoms with E-state index in [9.17, 15) is 0 Å². The molecule has 18 heavy (non-hydrogen) atoms. The summed E-state index contributed by atoms with van der Waals surface area (Å²) in [6.07, 6.45) is 0. The van der Waals surface area contributed by atoms with Crippen LogP contribution in [0.4, 0.5) is 5.69 Å². The first-order valence-corrected chi connectivity index (χ1v) is 6.58. The Labute approximate surface area is 110 Å². The van der Waals surface area contributed by atoms with Crippen LogP contribution in [0, 0.1) is 33.1 Å². The molecule has 0 aromatic heterocycles. The average molecular weight is 248 g/mol. The van der Waals surface area contributed by atoms with Crippen molar-refractivity contribution in [3.05, 3.63) is 28.3 Å². The smallest absolute Gasteiger partial charge is 0.0574 e. The standard InChI is InChI=1S/C15H24N2O/c1-10-5-11(2)13(4)14(12(10)3)17-7-15(6-16)8-18-9-15/h5,17H,6-9,16H2,1-4H3. The SMILES string of the molecule is Cc1cc(C)c(C)c(NCC2(CN)COC2)c1C. The lowest BCUT2D eigenvalue weighted by atomic mass is 9.85. The Kier molecular flexibility index (Phi) is 3.64. The van der Waals surface area contributed by atoms with Crippen molar-refractivity contribution in [3.63, 3.8) is 0 Å². The van der Waals surface area contributed by atoms with Crippen LogP contribution in [0.15, 0.2) is 6.07 Å². The minimum absolute atomic E-state index is 0.135. The molecule has 0 radical (unpaired) electrons. The van der Waals surface area contributed by atoms with Crippen LogP contribution in [0.5, 0.6) is 0 Å². The van der Waals surface area contributed by atoms with Crippen molar-refractivity contribution in [1.29, 1.82) is 0 Å². The molecule has 1 fully saturated rings. The Hall–Kier alpha value is -1.06. The second kappa shape index (κ2) is 4.90. The van der Waals surface area contributed by atoms with Gasteiger partial charge in [0.25, 0.3) is 0 Å². The quantitative estimate of drug-likeness (QED) is 0.859. The van der Waals surface area contributed by atoms with Crippen molar-refractivity contribution in [2.75, 3.05) is 31.6 Å². The Morgan fingerprint density at radius 2 is 1.72 bits per heavy atom. The molecule has 0 amide bonds. The number of nitrogens with one attached hydrogen (secondary N) is 1. The second-order valence-electron chi connectivity index (χ2n) is 5.69. The fourth-order valence-electron chi connectivity index (χ4n) is 2.44. The van der Waals surface area contributed by atoms with Gasteiger partial charge in [-0.25, -0.2) is 0 Å². The molecule has 3 heteroatoms. The topological polar surface area (TPSA) is 47.3 Å². The maximum atomic E-state index is 5.85. The van der Waals surface area contributed by atoms with Crippen molar-refractivity contribution in [2.45, 2.75) is 27.7 Å². The van der Waals surface area contributed by atoms with Crippen LogP contribution in [-0.4, -0.2) is 26.3 Å². The van der Waals surface area contributed by atoms with Gasteiger partial charge >= 0.3 is 0 Å². The molecule has 100 valence electrons. The molecule has 0 saturated carbocycles. The fourth-order valence-corrected chi connectivity index (χ4v) is 2.44. The van der Waals surface area contributed by atoms with Gasteiger partial charge in [-0.2, -0.15) is 0 Å². The molecule has 0 atom stereocenters. The Balaban J connectivity index is 2.19. The lowest BCUT2D eigenvalue weighted by Gasteiger charge is -2.41. The summed E-state index contributed by atoms with van der Waals surface area (Å²) in [7, 11) is 0. The van der Waals surface area contributed by atoms with Gasteiger partial charge in [0.2, 0.25) is 0 Å². The molecule has 3 nitrogen and oxygen atoms in total. The number of hydrogen-bond acceptors (Lipinski definition) is 3. The van der Waals surface area contributed by atoms with E-state index < -0.39 is 0 Å². The first-order chi connectivity index (χ1) is 8.49. The monoisotopic (exact) mass is 248 g/mol. The summed E-state index contributed by atoms with van der Waals surface area (Å²) in [5, 5.41) is 3.60. The van der Waals surface area contributed by atoms with Gasteiger partial charge in [-0.05, 0) is 49.9 Å². The maximum Gasteiger partial charge on any atom is 0.0574 e. The van der Waals surface area contributed by atoms with E-state index in [4.69, 9.17) is 10.5 Å². The molecular formula is C15H24N2O. The molecule has 1 aliphatic heterocycles. The number of rotatable bonds is 4. The van der Waals surface area contributed by atoms with Gasteiger partial charge in [0.05, 0.1) is 13.2 Å². The Morgan fingerprint density at radius 3 is 2.11 bits per heavy atom. The number of aryl methyl sites for hydroxylation is 2. The van der Waals surface area contributed by atoms with Gasteiger partial charge in [0, 0.05) is 24.2 Å². The largest absolute Gasteiger partial charge is 0.384 e. The van der Waals surface area contributed by atoms with Crippen LogP contribution in [-0.2, 0) is 4.74 Å². The molecule has 0 spiro atoms. The molecule has 1 aliphatic rings. The molecule has 3 N–H and O–H groups in total. The van der Waals surface area contributed by atoms with E-state index >= 15 is 0 Å². The molecule has 1 aromatic carbocycles. The second-order valence-corrected chi connectivity index (χ2v) is 5.69. The molecule has 1 saturated heterocycles. The van der Waals surface area contributed by atoms with Crippen molar-refractivity contribution < 1.29 is 4.74 Å². The summed E-state index contributed by atoms with van der Waals surface area (Å²) in [5.74, 6) is 0.